The second kappa shape index (κ2) is 5.59. The van der Waals surface area contributed by atoms with Crippen molar-refractivity contribution in [1.29, 1.82) is 0 Å². The molecule has 0 aliphatic rings. The van der Waals surface area contributed by atoms with E-state index in [1.807, 2.05) is 0 Å². The number of nitrogens with zero attached hydrogens (tertiary/aromatic N) is 2. The third-order valence-electron chi connectivity index (χ3n) is 1.57. The summed E-state index contributed by atoms with van der Waals surface area (Å²) in [5.41, 5.74) is 0.111. The molecular formula is C10H10N2O4. The Morgan fingerprint density at radius 2 is 2.25 bits per heavy atom. The van der Waals surface area contributed by atoms with Crippen LogP contribution in [0, 0.1) is 0 Å². The monoisotopic (exact) mass is 222 g/mol. The lowest BCUT2D eigenvalue weighted by atomic mass is 10.3. The first-order valence-corrected chi connectivity index (χ1v) is 4.53. The highest BCUT2D eigenvalue weighted by Gasteiger charge is 2.14. The van der Waals surface area contributed by atoms with E-state index < -0.39 is 17.5 Å². The van der Waals surface area contributed by atoms with Crippen molar-refractivity contribution < 1.29 is 19.4 Å². The number of carbonyl (C=O) groups excluding carboxylic acids is 2. The number of esters is 1. The van der Waals surface area contributed by atoms with Gasteiger partial charge in [0.25, 0.3) is 5.78 Å². The van der Waals surface area contributed by atoms with Gasteiger partial charge in [-0.1, -0.05) is 0 Å². The van der Waals surface area contributed by atoms with Gasteiger partial charge in [0.2, 0.25) is 0 Å². The molecule has 0 aliphatic carbocycles. The zero-order valence-corrected chi connectivity index (χ0v) is 8.58. The Bertz CT molecular complexity index is 414. The van der Waals surface area contributed by atoms with E-state index in [-0.39, 0.29) is 12.3 Å². The number of ether oxygens (including phenoxy) is 1. The van der Waals surface area contributed by atoms with Crippen LogP contribution in [-0.4, -0.2) is 33.4 Å². The van der Waals surface area contributed by atoms with Gasteiger partial charge in [-0.15, -0.1) is 0 Å². The van der Waals surface area contributed by atoms with Crippen molar-refractivity contribution in [2.45, 2.75) is 6.92 Å². The van der Waals surface area contributed by atoms with Gasteiger partial charge in [0.05, 0.1) is 12.8 Å². The van der Waals surface area contributed by atoms with Crippen molar-refractivity contribution >= 4 is 17.5 Å². The molecular weight excluding hydrogens is 212 g/mol. The quantitative estimate of drug-likeness (QED) is 0.345. The lowest BCUT2D eigenvalue weighted by Gasteiger charge is -1.98. The van der Waals surface area contributed by atoms with Gasteiger partial charge in [0.1, 0.15) is 11.5 Å². The number of hydrogen-bond donors (Lipinski definition) is 1. The van der Waals surface area contributed by atoms with Crippen LogP contribution in [0.25, 0.3) is 5.76 Å². The first kappa shape index (κ1) is 11.8. The van der Waals surface area contributed by atoms with E-state index in [1.165, 1.54) is 18.6 Å². The lowest BCUT2D eigenvalue weighted by Crippen LogP contribution is -2.15. The van der Waals surface area contributed by atoms with Crippen LogP contribution in [0.3, 0.4) is 0 Å². The Balaban J connectivity index is 2.78. The molecule has 0 aromatic carbocycles. The second-order valence-corrected chi connectivity index (χ2v) is 2.70. The number of aliphatic hydroxyl groups excluding tert-OH is 1. The molecule has 1 N–H and O–H groups in total. The molecule has 1 aromatic rings. The van der Waals surface area contributed by atoms with E-state index in [0.717, 1.165) is 6.08 Å². The fraction of sp³-hybridized carbons (Fsp3) is 0.200. The summed E-state index contributed by atoms with van der Waals surface area (Å²) in [5, 5.41) is 9.44. The Hall–Kier alpha value is -2.24. The average Bonchev–Trinajstić information content (AvgIpc) is 2.30. The van der Waals surface area contributed by atoms with Crippen molar-refractivity contribution in [3.63, 3.8) is 0 Å². The highest BCUT2D eigenvalue weighted by Crippen LogP contribution is 2.05. The molecule has 84 valence electrons. The molecule has 0 spiro atoms. The van der Waals surface area contributed by atoms with Crippen LogP contribution < -0.4 is 0 Å². The molecule has 0 saturated heterocycles. The summed E-state index contributed by atoms with van der Waals surface area (Å²) in [4.78, 5) is 29.6. The van der Waals surface area contributed by atoms with Crippen LogP contribution in [0.5, 0.6) is 0 Å². The molecule has 1 aromatic heterocycles. The van der Waals surface area contributed by atoms with E-state index in [1.54, 1.807) is 6.92 Å². The molecule has 0 bridgehead atoms. The molecule has 0 aliphatic heterocycles. The maximum absolute atomic E-state index is 11.2. The van der Waals surface area contributed by atoms with Gasteiger partial charge in [0.15, 0.2) is 0 Å². The van der Waals surface area contributed by atoms with Crippen LogP contribution in [0.1, 0.15) is 12.6 Å². The molecule has 6 heteroatoms. The molecule has 6 nitrogen and oxygen atoms in total. The lowest BCUT2D eigenvalue weighted by molar-refractivity contribution is -0.151. The SMILES string of the molecule is CCOC(=O)C(=O)C=C(O)c1cnccn1. The molecule has 0 unspecified atom stereocenters. The summed E-state index contributed by atoms with van der Waals surface area (Å²) in [6.07, 6.45) is 4.80. The summed E-state index contributed by atoms with van der Waals surface area (Å²) < 4.78 is 4.46. The minimum absolute atomic E-state index is 0.102. The van der Waals surface area contributed by atoms with E-state index in [9.17, 15) is 14.7 Å². The number of aliphatic hydroxyl groups is 1. The highest BCUT2D eigenvalue weighted by atomic mass is 16.5. The van der Waals surface area contributed by atoms with Gasteiger partial charge in [-0.25, -0.2) is 9.78 Å². The predicted octanol–water partition coefficient (Wildman–Crippen LogP) is 0.508. The summed E-state index contributed by atoms with van der Waals surface area (Å²) in [7, 11) is 0. The van der Waals surface area contributed by atoms with Crippen molar-refractivity contribution in [2.24, 2.45) is 0 Å². The largest absolute Gasteiger partial charge is 0.505 e. The van der Waals surface area contributed by atoms with Crippen LogP contribution in [0.2, 0.25) is 0 Å². The molecule has 0 amide bonds. The van der Waals surface area contributed by atoms with Crippen molar-refractivity contribution in [3.05, 3.63) is 30.4 Å². The second-order valence-electron chi connectivity index (χ2n) is 2.70. The van der Waals surface area contributed by atoms with Crippen LogP contribution in [0.4, 0.5) is 0 Å². The summed E-state index contributed by atoms with van der Waals surface area (Å²) >= 11 is 0. The van der Waals surface area contributed by atoms with Gasteiger partial charge in [-0.05, 0) is 6.92 Å². The normalized spacial score (nSPS) is 10.9. The highest BCUT2D eigenvalue weighted by molar-refractivity contribution is 6.39. The van der Waals surface area contributed by atoms with E-state index in [4.69, 9.17) is 0 Å². The van der Waals surface area contributed by atoms with Crippen LogP contribution in [-0.2, 0) is 14.3 Å². The van der Waals surface area contributed by atoms with E-state index in [0.29, 0.717) is 0 Å². The first-order valence-electron chi connectivity index (χ1n) is 4.53. The molecule has 16 heavy (non-hydrogen) atoms. The molecule has 1 heterocycles. The van der Waals surface area contributed by atoms with Crippen molar-refractivity contribution in [2.75, 3.05) is 6.61 Å². The van der Waals surface area contributed by atoms with Crippen molar-refractivity contribution in [1.82, 2.24) is 9.97 Å². The average molecular weight is 222 g/mol. The predicted molar refractivity (Wildman–Crippen MR) is 54.3 cm³/mol. The van der Waals surface area contributed by atoms with Gasteiger partial charge in [-0.2, -0.15) is 0 Å². The zero-order valence-electron chi connectivity index (χ0n) is 8.58. The maximum atomic E-state index is 11.2. The smallest absolute Gasteiger partial charge is 0.379 e. The van der Waals surface area contributed by atoms with Gasteiger partial charge in [-0.3, -0.25) is 9.78 Å². The fourth-order valence-corrected chi connectivity index (χ4v) is 0.891. The summed E-state index contributed by atoms with van der Waals surface area (Å²) in [5.74, 6) is -2.38. The number of ketones is 1. The van der Waals surface area contributed by atoms with Crippen molar-refractivity contribution in [3.8, 4) is 0 Å². The zero-order chi connectivity index (χ0) is 12.0. The third-order valence-corrected chi connectivity index (χ3v) is 1.57. The molecule has 0 atom stereocenters. The van der Waals surface area contributed by atoms with Crippen LogP contribution >= 0.6 is 0 Å². The summed E-state index contributed by atoms with van der Waals surface area (Å²) in [6.45, 7) is 1.68. The number of carbonyl (C=O) groups is 2. The minimum atomic E-state index is -1.02. The Kier molecular flexibility index (Phi) is 4.14. The van der Waals surface area contributed by atoms with Gasteiger partial charge in [0, 0.05) is 18.5 Å². The number of hydrogen-bond acceptors (Lipinski definition) is 6. The van der Waals surface area contributed by atoms with E-state index >= 15 is 0 Å². The first-order chi connectivity index (χ1) is 7.65. The standard InChI is InChI=1S/C10H10N2O4/c1-2-16-10(15)9(14)5-8(13)7-6-11-3-4-12-7/h3-6,13H,2H2,1H3. The molecule has 0 fully saturated rings. The Morgan fingerprint density at radius 1 is 1.50 bits per heavy atom. The number of aromatic nitrogens is 2. The minimum Gasteiger partial charge on any atom is -0.505 e. The van der Waals surface area contributed by atoms with Gasteiger partial charge >= 0.3 is 5.97 Å². The number of rotatable bonds is 4. The topological polar surface area (TPSA) is 89.4 Å². The fourth-order valence-electron chi connectivity index (χ4n) is 0.891. The maximum Gasteiger partial charge on any atom is 0.379 e. The molecule has 1 rings (SSSR count). The third kappa shape index (κ3) is 3.16. The molecule has 0 radical (unpaired) electrons. The summed E-state index contributed by atoms with van der Waals surface area (Å²) in [6, 6.07) is 0. The van der Waals surface area contributed by atoms with Gasteiger partial charge < -0.3 is 9.84 Å². The molecule has 0 saturated carbocycles. The Labute approximate surface area is 91.6 Å². The van der Waals surface area contributed by atoms with E-state index in [2.05, 4.69) is 14.7 Å². The Morgan fingerprint density at radius 3 is 2.81 bits per heavy atom. The van der Waals surface area contributed by atoms with Crippen LogP contribution in [0.15, 0.2) is 24.7 Å².